The lowest BCUT2D eigenvalue weighted by Gasteiger charge is -1.99. The van der Waals surface area contributed by atoms with Crippen LogP contribution >= 0.6 is 11.6 Å². The number of aromatic carboxylic acids is 1. The number of carbonyl (C=O) groups is 1. The van der Waals surface area contributed by atoms with Crippen molar-refractivity contribution in [1.29, 1.82) is 5.26 Å². The number of hydrogen-bond donors (Lipinski definition) is 1. The summed E-state index contributed by atoms with van der Waals surface area (Å²) in [5.74, 6) is -1.04. The quantitative estimate of drug-likeness (QED) is 0.786. The Morgan fingerprint density at radius 2 is 2.23 bits per heavy atom. The molecular weight excluding hydrogens is 190 g/mol. The zero-order valence-corrected chi connectivity index (χ0v) is 7.38. The lowest BCUT2D eigenvalue weighted by molar-refractivity contribution is 0.0697. The lowest BCUT2D eigenvalue weighted by atomic mass is 10.1. The standard InChI is InChI=1S/C9H6ClNO2/c10-8-4-6(1-2-11)3-7(5-8)9(12)13/h3-5H,1H2,(H,12,13). The van der Waals surface area contributed by atoms with Gasteiger partial charge in [0.05, 0.1) is 18.1 Å². The summed E-state index contributed by atoms with van der Waals surface area (Å²) in [6.45, 7) is 0. The molecule has 0 atom stereocenters. The molecule has 1 aromatic carbocycles. The van der Waals surface area contributed by atoms with Crippen LogP contribution in [0.3, 0.4) is 0 Å². The van der Waals surface area contributed by atoms with Crippen LogP contribution < -0.4 is 0 Å². The molecule has 0 heterocycles. The molecule has 13 heavy (non-hydrogen) atoms. The van der Waals surface area contributed by atoms with Crippen LogP contribution in [0, 0.1) is 11.3 Å². The highest BCUT2D eigenvalue weighted by Crippen LogP contribution is 2.15. The van der Waals surface area contributed by atoms with Crippen LogP contribution in [0.15, 0.2) is 18.2 Å². The van der Waals surface area contributed by atoms with Crippen LogP contribution in [-0.2, 0) is 6.42 Å². The van der Waals surface area contributed by atoms with Crippen molar-refractivity contribution in [3.8, 4) is 6.07 Å². The zero-order valence-electron chi connectivity index (χ0n) is 6.62. The van der Waals surface area contributed by atoms with Gasteiger partial charge in [-0.3, -0.25) is 0 Å². The number of carboxylic acid groups (broad SMARTS) is 1. The second kappa shape index (κ2) is 3.92. The van der Waals surface area contributed by atoms with E-state index in [0.29, 0.717) is 10.6 Å². The summed E-state index contributed by atoms with van der Waals surface area (Å²) in [6, 6.07) is 6.30. The fraction of sp³-hybridized carbons (Fsp3) is 0.111. The summed E-state index contributed by atoms with van der Waals surface area (Å²) in [5, 5.41) is 17.4. The third-order valence-corrected chi connectivity index (χ3v) is 1.71. The first kappa shape index (κ1) is 9.56. The van der Waals surface area contributed by atoms with E-state index in [-0.39, 0.29) is 12.0 Å². The fourth-order valence-electron chi connectivity index (χ4n) is 0.967. The van der Waals surface area contributed by atoms with Gasteiger partial charge in [0, 0.05) is 5.02 Å². The van der Waals surface area contributed by atoms with E-state index in [1.165, 1.54) is 12.1 Å². The Morgan fingerprint density at radius 1 is 1.54 bits per heavy atom. The third kappa shape index (κ3) is 2.46. The number of carboxylic acids is 1. The normalized spacial score (nSPS) is 9.23. The molecule has 66 valence electrons. The molecule has 0 spiro atoms. The van der Waals surface area contributed by atoms with Crippen molar-refractivity contribution < 1.29 is 9.90 Å². The zero-order chi connectivity index (χ0) is 9.84. The Hall–Kier alpha value is -1.53. The van der Waals surface area contributed by atoms with E-state index < -0.39 is 5.97 Å². The van der Waals surface area contributed by atoms with Crippen molar-refractivity contribution in [1.82, 2.24) is 0 Å². The number of nitriles is 1. The van der Waals surface area contributed by atoms with Crippen molar-refractivity contribution in [2.75, 3.05) is 0 Å². The minimum atomic E-state index is -1.04. The Labute approximate surface area is 80.2 Å². The topological polar surface area (TPSA) is 61.1 Å². The largest absolute Gasteiger partial charge is 0.478 e. The number of benzene rings is 1. The summed E-state index contributed by atoms with van der Waals surface area (Å²) in [4.78, 5) is 10.6. The van der Waals surface area contributed by atoms with Gasteiger partial charge in [-0.15, -0.1) is 0 Å². The maximum atomic E-state index is 10.6. The molecule has 0 aliphatic heterocycles. The molecule has 0 unspecified atom stereocenters. The molecule has 0 radical (unpaired) electrons. The maximum absolute atomic E-state index is 10.6. The van der Waals surface area contributed by atoms with Crippen LogP contribution in [0.4, 0.5) is 0 Å². The molecule has 0 amide bonds. The van der Waals surface area contributed by atoms with Gasteiger partial charge in [0.25, 0.3) is 0 Å². The number of nitrogens with zero attached hydrogens (tertiary/aromatic N) is 1. The molecule has 0 saturated heterocycles. The molecule has 0 aliphatic carbocycles. The van der Waals surface area contributed by atoms with E-state index in [1.807, 2.05) is 6.07 Å². The van der Waals surface area contributed by atoms with E-state index in [2.05, 4.69) is 0 Å². The Balaban J connectivity index is 3.12. The molecule has 0 fully saturated rings. The molecule has 1 N–H and O–H groups in total. The fourth-order valence-corrected chi connectivity index (χ4v) is 1.22. The lowest BCUT2D eigenvalue weighted by Crippen LogP contribution is -1.97. The van der Waals surface area contributed by atoms with Gasteiger partial charge in [0.15, 0.2) is 0 Å². The highest BCUT2D eigenvalue weighted by Gasteiger charge is 2.05. The second-order valence-corrected chi connectivity index (χ2v) is 2.92. The highest BCUT2D eigenvalue weighted by molar-refractivity contribution is 6.31. The molecular formula is C9H6ClNO2. The molecule has 0 aromatic heterocycles. The van der Waals surface area contributed by atoms with Crippen molar-refractivity contribution in [3.63, 3.8) is 0 Å². The maximum Gasteiger partial charge on any atom is 0.335 e. The minimum absolute atomic E-state index is 0.109. The van der Waals surface area contributed by atoms with Gasteiger partial charge < -0.3 is 5.11 Å². The highest BCUT2D eigenvalue weighted by atomic mass is 35.5. The van der Waals surface area contributed by atoms with Gasteiger partial charge in [-0.05, 0) is 23.8 Å². The summed E-state index contributed by atoms with van der Waals surface area (Å²) in [6.07, 6.45) is 0.167. The summed E-state index contributed by atoms with van der Waals surface area (Å²) in [5.41, 5.74) is 0.727. The second-order valence-electron chi connectivity index (χ2n) is 2.49. The van der Waals surface area contributed by atoms with E-state index in [0.717, 1.165) is 0 Å². The first-order valence-electron chi connectivity index (χ1n) is 3.53. The molecule has 1 aromatic rings. The van der Waals surface area contributed by atoms with Gasteiger partial charge >= 0.3 is 5.97 Å². The number of hydrogen-bond acceptors (Lipinski definition) is 2. The van der Waals surface area contributed by atoms with Gasteiger partial charge in [-0.1, -0.05) is 11.6 Å². The summed E-state index contributed by atoms with van der Waals surface area (Å²) in [7, 11) is 0. The van der Waals surface area contributed by atoms with Crippen LogP contribution in [0.2, 0.25) is 5.02 Å². The summed E-state index contributed by atoms with van der Waals surface area (Å²) >= 11 is 5.66. The minimum Gasteiger partial charge on any atom is -0.478 e. The third-order valence-electron chi connectivity index (χ3n) is 1.49. The van der Waals surface area contributed by atoms with E-state index in [9.17, 15) is 4.79 Å². The van der Waals surface area contributed by atoms with Crippen molar-refractivity contribution >= 4 is 17.6 Å². The first-order valence-corrected chi connectivity index (χ1v) is 3.91. The smallest absolute Gasteiger partial charge is 0.335 e. The molecule has 0 aliphatic rings. The summed E-state index contributed by atoms with van der Waals surface area (Å²) < 4.78 is 0. The molecule has 1 rings (SSSR count). The number of halogens is 1. The Kier molecular flexibility index (Phi) is 2.88. The predicted octanol–water partition coefficient (Wildman–Crippen LogP) is 2.10. The average Bonchev–Trinajstić information content (AvgIpc) is 2.03. The SMILES string of the molecule is N#CCc1cc(Cl)cc(C(=O)O)c1. The van der Waals surface area contributed by atoms with Gasteiger partial charge in [0.1, 0.15) is 0 Å². The molecule has 0 bridgehead atoms. The number of rotatable bonds is 2. The Bertz CT molecular complexity index is 382. The Morgan fingerprint density at radius 3 is 2.77 bits per heavy atom. The van der Waals surface area contributed by atoms with Crippen LogP contribution in [-0.4, -0.2) is 11.1 Å². The molecule has 3 nitrogen and oxygen atoms in total. The van der Waals surface area contributed by atoms with Crippen LogP contribution in [0.5, 0.6) is 0 Å². The van der Waals surface area contributed by atoms with Crippen LogP contribution in [0.1, 0.15) is 15.9 Å². The molecule has 0 saturated carbocycles. The molecule has 4 heteroatoms. The monoisotopic (exact) mass is 195 g/mol. The van der Waals surface area contributed by atoms with Crippen molar-refractivity contribution in [3.05, 3.63) is 34.3 Å². The van der Waals surface area contributed by atoms with E-state index in [4.69, 9.17) is 22.0 Å². The van der Waals surface area contributed by atoms with Gasteiger partial charge in [-0.2, -0.15) is 5.26 Å². The van der Waals surface area contributed by atoms with Crippen molar-refractivity contribution in [2.24, 2.45) is 0 Å². The van der Waals surface area contributed by atoms with E-state index in [1.54, 1.807) is 6.07 Å². The van der Waals surface area contributed by atoms with Gasteiger partial charge in [-0.25, -0.2) is 4.79 Å². The first-order chi connectivity index (χ1) is 6.13. The van der Waals surface area contributed by atoms with Crippen molar-refractivity contribution in [2.45, 2.75) is 6.42 Å². The van der Waals surface area contributed by atoms with Crippen LogP contribution in [0.25, 0.3) is 0 Å². The average molecular weight is 196 g/mol. The van der Waals surface area contributed by atoms with E-state index >= 15 is 0 Å². The predicted molar refractivity (Wildman–Crippen MR) is 47.7 cm³/mol. The van der Waals surface area contributed by atoms with Gasteiger partial charge in [0.2, 0.25) is 0 Å².